The van der Waals surface area contributed by atoms with Gasteiger partial charge in [-0.05, 0) is 90.7 Å². The van der Waals surface area contributed by atoms with E-state index in [1.165, 1.54) is 11.1 Å². The second-order valence-electron chi connectivity index (χ2n) is 13.0. The molecule has 0 aliphatic carbocycles. The average molecular weight is 584 g/mol. The summed E-state index contributed by atoms with van der Waals surface area (Å²) < 4.78 is 10.4. The number of aryl methyl sites for hydroxylation is 2. The zero-order chi connectivity index (χ0) is 31.6. The molecule has 3 N–H and O–H groups in total. The fourth-order valence-electron chi connectivity index (χ4n) is 4.27. The van der Waals surface area contributed by atoms with E-state index in [9.17, 15) is 9.59 Å². The van der Waals surface area contributed by atoms with Crippen LogP contribution in [-0.4, -0.2) is 48.6 Å². The minimum atomic E-state index is -0.467. The van der Waals surface area contributed by atoms with Crippen molar-refractivity contribution in [2.75, 3.05) is 13.1 Å². The molecule has 0 radical (unpaired) electrons. The van der Waals surface area contributed by atoms with E-state index in [0.29, 0.717) is 18.5 Å². The predicted molar refractivity (Wildman–Crippen MR) is 174 cm³/mol. The molecule has 0 spiro atoms. The first-order valence-corrected chi connectivity index (χ1v) is 15.5. The quantitative estimate of drug-likeness (QED) is 0.211. The summed E-state index contributed by atoms with van der Waals surface area (Å²) >= 11 is 0. The molecule has 42 heavy (non-hydrogen) atoms. The molecule has 0 bridgehead atoms. The zero-order valence-corrected chi connectivity index (χ0v) is 27.6. The summed E-state index contributed by atoms with van der Waals surface area (Å²) in [6, 6.07) is 21.8. The van der Waals surface area contributed by atoms with Gasteiger partial charge >= 0.3 is 12.2 Å². The Morgan fingerprint density at radius 1 is 0.714 bits per heavy atom. The Morgan fingerprint density at radius 2 is 1.17 bits per heavy atom. The summed E-state index contributed by atoms with van der Waals surface area (Å²) in [5.41, 5.74) is 1.84. The Morgan fingerprint density at radius 3 is 1.57 bits per heavy atom. The number of benzene rings is 2. The summed E-state index contributed by atoms with van der Waals surface area (Å²) in [6.45, 7) is 18.7. The van der Waals surface area contributed by atoms with E-state index in [4.69, 9.17) is 9.47 Å². The molecular weight excluding hydrogens is 526 g/mol. The van der Waals surface area contributed by atoms with E-state index in [2.05, 4.69) is 97.4 Å². The molecule has 0 aliphatic heterocycles. The van der Waals surface area contributed by atoms with Gasteiger partial charge in [0.1, 0.15) is 11.2 Å². The monoisotopic (exact) mass is 583 g/mol. The average Bonchev–Trinajstić information content (AvgIpc) is 2.90. The highest BCUT2D eigenvalue weighted by atomic mass is 16.6. The van der Waals surface area contributed by atoms with Gasteiger partial charge in [-0.1, -0.05) is 81.4 Å². The van der Waals surface area contributed by atoms with Crippen LogP contribution in [0.1, 0.15) is 92.7 Å². The van der Waals surface area contributed by atoms with Gasteiger partial charge in [0.15, 0.2) is 0 Å². The van der Waals surface area contributed by atoms with Gasteiger partial charge in [-0.15, -0.1) is 0 Å². The van der Waals surface area contributed by atoms with Crippen molar-refractivity contribution in [1.29, 1.82) is 0 Å². The standard InChI is InChI=1S/C24H34N2O2.C11H23NO2/c1-24(2,3)28-23(27)26-19-18-25-22(16-14-20-10-6-4-7-11-20)17-15-21-12-8-5-9-13-21;1-7-9(8(2)3)12-10(13)14-11(4,5)6/h4-13,22,25H,14-19H2,1-3H3,(H,26,27);8-9H,7H2,1-6H3,(H,12,13). The van der Waals surface area contributed by atoms with Crippen molar-refractivity contribution in [3.8, 4) is 0 Å². The molecule has 0 saturated heterocycles. The molecule has 0 fully saturated rings. The van der Waals surface area contributed by atoms with Crippen molar-refractivity contribution in [2.24, 2.45) is 5.92 Å². The first-order valence-electron chi connectivity index (χ1n) is 15.5. The van der Waals surface area contributed by atoms with Crippen LogP contribution in [0.15, 0.2) is 60.7 Å². The molecule has 1 atom stereocenters. The lowest BCUT2D eigenvalue weighted by Gasteiger charge is -2.24. The van der Waals surface area contributed by atoms with E-state index in [0.717, 1.165) is 38.6 Å². The molecule has 2 aromatic rings. The van der Waals surface area contributed by atoms with Gasteiger partial charge in [-0.2, -0.15) is 0 Å². The topological polar surface area (TPSA) is 88.7 Å². The fraction of sp³-hybridized carbons (Fsp3) is 0.600. The molecular formula is C35H57N3O4. The van der Waals surface area contributed by atoms with Gasteiger partial charge < -0.3 is 25.4 Å². The summed E-state index contributed by atoms with van der Waals surface area (Å²) in [4.78, 5) is 23.2. The van der Waals surface area contributed by atoms with Crippen molar-refractivity contribution >= 4 is 12.2 Å². The Labute approximate surface area is 255 Å². The van der Waals surface area contributed by atoms with Crippen LogP contribution in [0, 0.1) is 5.92 Å². The third-order valence-corrected chi connectivity index (χ3v) is 6.42. The van der Waals surface area contributed by atoms with Crippen LogP contribution in [0.25, 0.3) is 0 Å². The molecule has 2 aromatic carbocycles. The first kappa shape index (κ1) is 37.0. The lowest BCUT2D eigenvalue weighted by Crippen LogP contribution is -2.41. The van der Waals surface area contributed by atoms with E-state index >= 15 is 0 Å². The smallest absolute Gasteiger partial charge is 0.407 e. The highest BCUT2D eigenvalue weighted by Gasteiger charge is 2.20. The summed E-state index contributed by atoms with van der Waals surface area (Å²) in [5, 5.41) is 9.29. The zero-order valence-electron chi connectivity index (χ0n) is 27.6. The maximum absolute atomic E-state index is 11.8. The van der Waals surface area contributed by atoms with Crippen LogP contribution < -0.4 is 16.0 Å². The molecule has 1 unspecified atom stereocenters. The molecule has 7 nitrogen and oxygen atoms in total. The SMILES string of the molecule is CC(C)(C)OC(=O)NCCNC(CCc1ccccc1)CCc1ccccc1.CCC(NC(=O)OC(C)(C)C)C(C)C. The Balaban J connectivity index is 0.000000532. The molecule has 0 aliphatic rings. The highest BCUT2D eigenvalue weighted by Crippen LogP contribution is 2.12. The minimum Gasteiger partial charge on any atom is -0.444 e. The molecule has 2 rings (SSSR count). The number of hydrogen-bond acceptors (Lipinski definition) is 5. The minimum absolute atomic E-state index is 0.199. The largest absolute Gasteiger partial charge is 0.444 e. The summed E-state index contributed by atoms with van der Waals surface area (Å²) in [6.07, 6.45) is 4.49. The van der Waals surface area contributed by atoms with Crippen LogP contribution in [0.4, 0.5) is 9.59 Å². The van der Waals surface area contributed by atoms with E-state index in [-0.39, 0.29) is 18.2 Å². The number of hydrogen-bond donors (Lipinski definition) is 3. The van der Waals surface area contributed by atoms with Crippen molar-refractivity contribution in [3.05, 3.63) is 71.8 Å². The third-order valence-electron chi connectivity index (χ3n) is 6.42. The van der Waals surface area contributed by atoms with Gasteiger partial charge in [0, 0.05) is 25.2 Å². The number of alkyl carbamates (subject to hydrolysis) is 2. The maximum Gasteiger partial charge on any atom is 0.407 e. The maximum atomic E-state index is 11.8. The van der Waals surface area contributed by atoms with Crippen LogP contribution in [0.3, 0.4) is 0 Å². The van der Waals surface area contributed by atoms with Crippen LogP contribution in [0.2, 0.25) is 0 Å². The van der Waals surface area contributed by atoms with Crippen molar-refractivity contribution < 1.29 is 19.1 Å². The number of carbonyl (C=O) groups is 2. The molecule has 2 amide bonds. The van der Waals surface area contributed by atoms with Gasteiger partial charge in [0.2, 0.25) is 0 Å². The van der Waals surface area contributed by atoms with Crippen LogP contribution in [-0.2, 0) is 22.3 Å². The number of carbonyl (C=O) groups excluding carboxylic acids is 2. The number of ether oxygens (including phenoxy) is 2. The van der Waals surface area contributed by atoms with Crippen LogP contribution in [0.5, 0.6) is 0 Å². The Hall–Kier alpha value is -3.06. The van der Waals surface area contributed by atoms with Crippen molar-refractivity contribution in [2.45, 2.75) is 118 Å². The second-order valence-corrected chi connectivity index (χ2v) is 13.0. The molecule has 236 valence electrons. The molecule has 0 saturated carbocycles. The molecule has 0 aromatic heterocycles. The lowest BCUT2D eigenvalue weighted by molar-refractivity contribution is 0.0486. The normalized spacial score (nSPS) is 12.3. The highest BCUT2D eigenvalue weighted by molar-refractivity contribution is 5.68. The predicted octanol–water partition coefficient (Wildman–Crippen LogP) is 7.68. The number of amides is 2. The molecule has 7 heteroatoms. The van der Waals surface area contributed by atoms with E-state index in [1.54, 1.807) is 0 Å². The lowest BCUT2D eigenvalue weighted by atomic mass is 9.99. The third kappa shape index (κ3) is 19.1. The summed E-state index contributed by atoms with van der Waals surface area (Å²) in [7, 11) is 0. The first-order chi connectivity index (χ1) is 19.7. The van der Waals surface area contributed by atoms with Gasteiger partial charge in [-0.3, -0.25) is 0 Å². The van der Waals surface area contributed by atoms with Gasteiger partial charge in [0.25, 0.3) is 0 Å². The van der Waals surface area contributed by atoms with Gasteiger partial charge in [-0.25, -0.2) is 9.59 Å². The van der Waals surface area contributed by atoms with Crippen molar-refractivity contribution in [3.63, 3.8) is 0 Å². The summed E-state index contributed by atoms with van der Waals surface area (Å²) in [5.74, 6) is 0.438. The fourth-order valence-corrected chi connectivity index (χ4v) is 4.27. The van der Waals surface area contributed by atoms with Crippen LogP contribution >= 0.6 is 0 Å². The number of rotatable bonds is 13. The van der Waals surface area contributed by atoms with Crippen molar-refractivity contribution in [1.82, 2.24) is 16.0 Å². The molecule has 0 heterocycles. The Kier molecular flexibility index (Phi) is 16.9. The Bertz CT molecular complexity index is 955. The van der Waals surface area contributed by atoms with E-state index in [1.807, 2.05) is 41.5 Å². The number of nitrogens with one attached hydrogen (secondary N) is 3. The van der Waals surface area contributed by atoms with E-state index < -0.39 is 11.2 Å². The van der Waals surface area contributed by atoms with Gasteiger partial charge in [0.05, 0.1) is 0 Å². The second kappa shape index (κ2) is 19.2.